The van der Waals surface area contributed by atoms with E-state index >= 15 is 0 Å². The molecule has 17 heavy (non-hydrogen) atoms. The zero-order chi connectivity index (χ0) is 12.6. The highest BCUT2D eigenvalue weighted by atomic mass is 16.5. The molecule has 1 aromatic rings. The van der Waals surface area contributed by atoms with E-state index < -0.39 is 5.60 Å². The Balaban J connectivity index is 2.54. The van der Waals surface area contributed by atoms with Crippen LogP contribution in [0.5, 0.6) is 0 Å². The first-order chi connectivity index (χ1) is 7.95. The summed E-state index contributed by atoms with van der Waals surface area (Å²) in [6.45, 7) is 10.1. The van der Waals surface area contributed by atoms with Crippen LogP contribution in [0, 0.1) is 0 Å². The summed E-state index contributed by atoms with van der Waals surface area (Å²) in [7, 11) is 1.70. The van der Waals surface area contributed by atoms with Gasteiger partial charge in [0.05, 0.1) is 11.4 Å². The molecule has 1 N–H and O–H groups in total. The van der Waals surface area contributed by atoms with Gasteiger partial charge in [0.25, 0.3) is 0 Å². The molecule has 0 fully saturated rings. The molecule has 2 heterocycles. The lowest BCUT2D eigenvalue weighted by Gasteiger charge is -2.23. The van der Waals surface area contributed by atoms with Gasteiger partial charge in [-0.05, 0) is 19.8 Å². The van der Waals surface area contributed by atoms with E-state index in [4.69, 9.17) is 9.72 Å². The van der Waals surface area contributed by atoms with Crippen LogP contribution >= 0.6 is 0 Å². The third-order valence-electron chi connectivity index (χ3n) is 3.31. The number of hydrogen-bond donors (Lipinski definition) is 1. The topological polar surface area (TPSA) is 47.0 Å². The number of aromatic nitrogens is 2. The summed E-state index contributed by atoms with van der Waals surface area (Å²) in [6.07, 6.45) is 0. The Morgan fingerprint density at radius 1 is 1.24 bits per heavy atom. The number of nitrogens with one attached hydrogen (secondary N) is 1. The van der Waals surface area contributed by atoms with Crippen molar-refractivity contribution in [2.75, 3.05) is 7.11 Å². The highest BCUT2D eigenvalue weighted by molar-refractivity contribution is 5.32. The molecule has 0 atom stereocenters. The van der Waals surface area contributed by atoms with Gasteiger partial charge in [0.1, 0.15) is 5.60 Å². The fourth-order valence-electron chi connectivity index (χ4n) is 2.03. The maximum Gasteiger partial charge on any atom is 0.160 e. The highest BCUT2D eigenvalue weighted by Gasteiger charge is 2.28. The van der Waals surface area contributed by atoms with Crippen molar-refractivity contribution in [3.8, 4) is 0 Å². The van der Waals surface area contributed by atoms with Crippen LogP contribution in [-0.2, 0) is 23.4 Å². The van der Waals surface area contributed by atoms with E-state index in [1.54, 1.807) is 7.11 Å². The maximum atomic E-state index is 5.47. The molecule has 0 saturated carbocycles. The molecule has 0 radical (unpaired) electrons. The van der Waals surface area contributed by atoms with E-state index in [0.29, 0.717) is 5.92 Å². The van der Waals surface area contributed by atoms with Crippen molar-refractivity contribution >= 4 is 0 Å². The van der Waals surface area contributed by atoms with Crippen molar-refractivity contribution < 1.29 is 4.74 Å². The minimum atomic E-state index is -0.429. The molecule has 0 spiro atoms. The van der Waals surface area contributed by atoms with Gasteiger partial charge < -0.3 is 10.1 Å². The molecular formula is C13H21N3O. The van der Waals surface area contributed by atoms with Crippen molar-refractivity contribution in [3.05, 3.63) is 22.8 Å². The van der Waals surface area contributed by atoms with Gasteiger partial charge >= 0.3 is 0 Å². The Bertz CT molecular complexity index is 427. The first-order valence-corrected chi connectivity index (χ1v) is 6.11. The monoisotopic (exact) mass is 235 g/mol. The van der Waals surface area contributed by atoms with Crippen molar-refractivity contribution in [2.45, 2.75) is 52.3 Å². The fourth-order valence-corrected chi connectivity index (χ4v) is 2.03. The molecule has 4 heteroatoms. The average molecular weight is 235 g/mol. The summed E-state index contributed by atoms with van der Waals surface area (Å²) in [5, 5.41) is 3.34. The largest absolute Gasteiger partial charge is 0.371 e. The Kier molecular flexibility index (Phi) is 3.19. The van der Waals surface area contributed by atoms with Crippen LogP contribution in [0.4, 0.5) is 0 Å². The molecule has 4 nitrogen and oxygen atoms in total. The number of rotatable bonds is 3. The van der Waals surface area contributed by atoms with Crippen LogP contribution in [0.25, 0.3) is 0 Å². The van der Waals surface area contributed by atoms with Gasteiger partial charge in [0.15, 0.2) is 5.82 Å². The van der Waals surface area contributed by atoms with E-state index in [1.807, 2.05) is 13.8 Å². The minimum Gasteiger partial charge on any atom is -0.371 e. The van der Waals surface area contributed by atoms with E-state index in [2.05, 4.69) is 24.1 Å². The highest BCUT2D eigenvalue weighted by Crippen LogP contribution is 2.28. The van der Waals surface area contributed by atoms with E-state index in [-0.39, 0.29) is 0 Å². The van der Waals surface area contributed by atoms with Crippen LogP contribution in [0.15, 0.2) is 0 Å². The van der Waals surface area contributed by atoms with Gasteiger partial charge in [-0.2, -0.15) is 0 Å². The third-order valence-corrected chi connectivity index (χ3v) is 3.31. The van der Waals surface area contributed by atoms with E-state index in [9.17, 15) is 0 Å². The molecule has 94 valence electrons. The second-order valence-corrected chi connectivity index (χ2v) is 5.33. The van der Waals surface area contributed by atoms with Crippen LogP contribution in [-0.4, -0.2) is 17.1 Å². The van der Waals surface area contributed by atoms with Crippen LogP contribution < -0.4 is 5.32 Å². The number of methoxy groups -OCH3 is 1. The zero-order valence-electron chi connectivity index (χ0n) is 11.3. The summed E-state index contributed by atoms with van der Waals surface area (Å²) >= 11 is 0. The van der Waals surface area contributed by atoms with Crippen LogP contribution in [0.1, 0.15) is 56.4 Å². The van der Waals surface area contributed by atoms with Gasteiger partial charge in [-0.25, -0.2) is 9.97 Å². The standard InChI is InChI=1S/C13H21N3O/c1-8(2)11-9-6-14-7-10(9)15-12(16-11)13(3,4)17-5/h8,14H,6-7H2,1-5H3. The third kappa shape index (κ3) is 2.19. The molecule has 1 aliphatic rings. The lowest BCUT2D eigenvalue weighted by molar-refractivity contribution is 0.0110. The lowest BCUT2D eigenvalue weighted by Crippen LogP contribution is -2.25. The molecule has 0 unspecified atom stereocenters. The predicted octanol–water partition coefficient (Wildman–Crippen LogP) is 2.08. The predicted molar refractivity (Wildman–Crippen MR) is 66.7 cm³/mol. The Hall–Kier alpha value is -1.00. The van der Waals surface area contributed by atoms with Crippen molar-refractivity contribution in [1.82, 2.24) is 15.3 Å². The molecule has 1 aliphatic heterocycles. The summed E-state index contributed by atoms with van der Waals surface area (Å²) in [4.78, 5) is 9.35. The summed E-state index contributed by atoms with van der Waals surface area (Å²) < 4.78 is 5.47. The molecule has 0 saturated heterocycles. The number of nitrogens with zero attached hydrogens (tertiary/aromatic N) is 2. The molecule has 0 aliphatic carbocycles. The fraction of sp³-hybridized carbons (Fsp3) is 0.692. The van der Waals surface area contributed by atoms with Gasteiger partial charge in [-0.3, -0.25) is 0 Å². The number of ether oxygens (including phenoxy) is 1. The van der Waals surface area contributed by atoms with Gasteiger partial charge in [0.2, 0.25) is 0 Å². The SMILES string of the molecule is COC(C)(C)c1nc2c(c(C(C)C)n1)CNC2. The summed E-state index contributed by atoms with van der Waals surface area (Å²) in [5.41, 5.74) is 3.13. The van der Waals surface area contributed by atoms with E-state index in [1.165, 1.54) is 5.56 Å². The molecular weight excluding hydrogens is 214 g/mol. The first-order valence-electron chi connectivity index (χ1n) is 6.11. The Morgan fingerprint density at radius 3 is 2.53 bits per heavy atom. The van der Waals surface area contributed by atoms with Gasteiger partial charge in [0, 0.05) is 25.8 Å². The molecule has 2 rings (SSSR count). The van der Waals surface area contributed by atoms with Gasteiger partial charge in [-0.15, -0.1) is 0 Å². The first kappa shape index (κ1) is 12.5. The summed E-state index contributed by atoms with van der Waals surface area (Å²) in [6, 6.07) is 0. The number of hydrogen-bond acceptors (Lipinski definition) is 4. The maximum absolute atomic E-state index is 5.47. The van der Waals surface area contributed by atoms with E-state index in [0.717, 1.165) is 30.3 Å². The quantitative estimate of drug-likeness (QED) is 0.871. The Morgan fingerprint density at radius 2 is 1.94 bits per heavy atom. The smallest absolute Gasteiger partial charge is 0.160 e. The molecule has 1 aromatic heterocycles. The van der Waals surface area contributed by atoms with Crippen molar-refractivity contribution in [2.24, 2.45) is 0 Å². The van der Waals surface area contributed by atoms with Crippen LogP contribution in [0.2, 0.25) is 0 Å². The van der Waals surface area contributed by atoms with Crippen molar-refractivity contribution in [3.63, 3.8) is 0 Å². The van der Waals surface area contributed by atoms with Crippen LogP contribution in [0.3, 0.4) is 0 Å². The average Bonchev–Trinajstić information content (AvgIpc) is 2.75. The molecule has 0 amide bonds. The second-order valence-electron chi connectivity index (χ2n) is 5.33. The number of fused-ring (bicyclic) bond motifs is 1. The lowest BCUT2D eigenvalue weighted by atomic mass is 10.0. The molecule has 0 bridgehead atoms. The second kappa shape index (κ2) is 4.35. The zero-order valence-corrected chi connectivity index (χ0v) is 11.3. The van der Waals surface area contributed by atoms with Gasteiger partial charge in [-0.1, -0.05) is 13.8 Å². The Labute approximate surface area is 103 Å². The normalized spacial score (nSPS) is 15.4. The van der Waals surface area contributed by atoms with Crippen molar-refractivity contribution in [1.29, 1.82) is 0 Å². The summed E-state index contributed by atoms with van der Waals surface area (Å²) in [5.74, 6) is 1.20. The molecule has 0 aromatic carbocycles. The minimum absolute atomic E-state index is 0.415.